The van der Waals surface area contributed by atoms with Crippen molar-refractivity contribution in [1.82, 2.24) is 9.80 Å². The van der Waals surface area contributed by atoms with Crippen LogP contribution in [0.4, 0.5) is 0 Å². The Morgan fingerprint density at radius 1 is 0.575 bits per heavy atom. The fourth-order valence-corrected chi connectivity index (χ4v) is 10.5. The van der Waals surface area contributed by atoms with Crippen LogP contribution in [0.1, 0.15) is 107 Å². The number of hydrogen-bond acceptors (Lipinski definition) is 7. The maximum absolute atomic E-state index is 5.90. The maximum Gasteiger partial charge on any atom is 0.0594 e. The summed E-state index contributed by atoms with van der Waals surface area (Å²) in [5.74, 6) is 0. The summed E-state index contributed by atoms with van der Waals surface area (Å²) in [4.78, 5) is 10.1. The van der Waals surface area contributed by atoms with Gasteiger partial charge in [-0.3, -0.25) is 9.80 Å². The van der Waals surface area contributed by atoms with Gasteiger partial charge in [0.25, 0.3) is 0 Å². The van der Waals surface area contributed by atoms with Gasteiger partial charge in [0.2, 0.25) is 0 Å². The van der Waals surface area contributed by atoms with Crippen molar-refractivity contribution >= 4 is 34.0 Å². The van der Waals surface area contributed by atoms with Crippen LogP contribution in [0.5, 0.6) is 0 Å². The van der Waals surface area contributed by atoms with Crippen molar-refractivity contribution in [3.63, 3.8) is 0 Å². The Hall–Kier alpha value is -1.06. The zero-order valence-electron chi connectivity index (χ0n) is 24.0. The molecule has 7 heteroatoms. The molecule has 5 heterocycles. The van der Waals surface area contributed by atoms with Crippen LogP contribution in [0.15, 0.2) is 34.3 Å². The minimum atomic E-state index is 0.337. The van der Waals surface area contributed by atoms with Crippen LogP contribution in [0.3, 0.4) is 0 Å². The van der Waals surface area contributed by atoms with E-state index < -0.39 is 0 Å². The first-order chi connectivity index (χ1) is 19.8. The van der Waals surface area contributed by atoms with E-state index >= 15 is 0 Å². The molecule has 2 aliphatic heterocycles. The predicted octanol–water partition coefficient (Wildman–Crippen LogP) is 8.15. The monoisotopic (exact) mass is 597 g/mol. The number of piperidine rings is 1. The lowest BCUT2D eigenvalue weighted by atomic mass is 9.92. The molecule has 2 N–H and O–H groups in total. The average molecular weight is 598 g/mol. The van der Waals surface area contributed by atoms with Crippen LogP contribution in [-0.2, 0) is 24.0 Å². The van der Waals surface area contributed by atoms with E-state index in [1.54, 1.807) is 20.9 Å². The second-order valence-corrected chi connectivity index (χ2v) is 14.8. The number of fused-ring (bicyclic) bond motifs is 3. The Kier molecular flexibility index (Phi) is 10.5. The van der Waals surface area contributed by atoms with E-state index in [0.717, 1.165) is 32.3 Å². The Morgan fingerprint density at radius 2 is 1.05 bits per heavy atom. The first-order valence-electron chi connectivity index (χ1n) is 15.8. The summed E-state index contributed by atoms with van der Waals surface area (Å²) < 4.78 is 5.42. The summed E-state index contributed by atoms with van der Waals surface area (Å²) >= 11 is 5.74. The van der Waals surface area contributed by atoms with Gasteiger partial charge in [-0.05, 0) is 135 Å². The molecule has 8 rings (SSSR count). The SMILES string of the molecule is NC1CCCc2ccsc21.c1cc2c(s1)C(N1CCCCC1)CCC2.c1cc2c(s1)C(N1CCOCC1)CCC2. The third kappa shape index (κ3) is 6.94. The van der Waals surface area contributed by atoms with Crippen LogP contribution in [0.2, 0.25) is 0 Å². The smallest absolute Gasteiger partial charge is 0.0594 e. The quantitative estimate of drug-likeness (QED) is 0.324. The van der Waals surface area contributed by atoms with E-state index in [9.17, 15) is 0 Å². The first-order valence-corrected chi connectivity index (χ1v) is 18.4. The fourth-order valence-electron chi connectivity index (χ4n) is 7.27. The number of ether oxygens (including phenoxy) is 1. The van der Waals surface area contributed by atoms with Gasteiger partial charge in [-0.15, -0.1) is 34.0 Å². The number of hydrogen-bond donors (Lipinski definition) is 1. The van der Waals surface area contributed by atoms with Crippen molar-refractivity contribution in [1.29, 1.82) is 0 Å². The van der Waals surface area contributed by atoms with Crippen molar-refractivity contribution in [2.45, 2.75) is 95.2 Å². The van der Waals surface area contributed by atoms with Crippen LogP contribution in [0.25, 0.3) is 0 Å². The third-order valence-corrected chi connectivity index (χ3v) is 12.6. The number of thiophene rings is 3. The minimum Gasteiger partial charge on any atom is -0.379 e. The molecule has 0 radical (unpaired) electrons. The van der Waals surface area contributed by atoms with Crippen molar-refractivity contribution in [2.75, 3.05) is 39.4 Å². The van der Waals surface area contributed by atoms with E-state index in [0.29, 0.717) is 12.1 Å². The van der Waals surface area contributed by atoms with Gasteiger partial charge in [0, 0.05) is 45.8 Å². The van der Waals surface area contributed by atoms with Crippen LogP contribution >= 0.6 is 34.0 Å². The summed E-state index contributed by atoms with van der Waals surface area (Å²) in [6.07, 6.45) is 16.1. The highest BCUT2D eigenvalue weighted by molar-refractivity contribution is 7.10. The molecule has 3 unspecified atom stereocenters. The van der Waals surface area contributed by atoms with E-state index in [4.69, 9.17) is 10.5 Å². The van der Waals surface area contributed by atoms with Gasteiger partial charge >= 0.3 is 0 Å². The lowest BCUT2D eigenvalue weighted by Gasteiger charge is -2.36. The van der Waals surface area contributed by atoms with Gasteiger partial charge in [-0.1, -0.05) is 6.42 Å². The lowest BCUT2D eigenvalue weighted by Crippen LogP contribution is -2.39. The Morgan fingerprint density at radius 3 is 1.60 bits per heavy atom. The number of nitrogens with two attached hydrogens (primary N) is 1. The van der Waals surface area contributed by atoms with Crippen LogP contribution in [0, 0.1) is 0 Å². The standard InChI is InChI=1S/C13H19NS.C12H17NOS.C8H11NS/c1-2-8-14(9-3-1)12-6-4-5-11-7-10-15-13(11)12;1-2-10-4-9-15-12(10)11(3-1)13-5-7-14-8-6-13;9-7-3-1-2-6-4-5-10-8(6)7/h7,10,12H,1-6,8-9H2;4,9,11H,1-3,5-8H2;4-5,7H,1-3,9H2. The van der Waals surface area contributed by atoms with Crippen molar-refractivity contribution in [3.8, 4) is 0 Å². The lowest BCUT2D eigenvalue weighted by molar-refractivity contribution is 0.0133. The highest BCUT2D eigenvalue weighted by Crippen LogP contribution is 2.39. The number of nitrogens with zero attached hydrogens (tertiary/aromatic N) is 2. The molecule has 2 fully saturated rings. The molecule has 3 aromatic heterocycles. The molecule has 4 nitrogen and oxygen atoms in total. The summed E-state index contributed by atoms with van der Waals surface area (Å²) in [6.45, 7) is 6.72. The molecule has 218 valence electrons. The molecule has 3 aliphatic carbocycles. The second-order valence-electron chi connectivity index (χ2n) is 12.0. The molecule has 2 saturated heterocycles. The number of likely N-dealkylation sites (tertiary alicyclic amines) is 1. The maximum atomic E-state index is 5.90. The summed E-state index contributed by atoms with van der Waals surface area (Å²) in [5, 5.41) is 6.69. The molecular weight excluding hydrogens is 551 g/mol. The molecule has 0 amide bonds. The zero-order chi connectivity index (χ0) is 27.1. The van der Waals surface area contributed by atoms with Gasteiger partial charge in [0.05, 0.1) is 13.2 Å². The van der Waals surface area contributed by atoms with Gasteiger partial charge in [0.1, 0.15) is 0 Å². The summed E-state index contributed by atoms with van der Waals surface area (Å²) in [5.41, 5.74) is 10.6. The molecule has 3 aromatic rings. The van der Waals surface area contributed by atoms with Crippen LogP contribution in [-0.4, -0.2) is 49.2 Å². The molecule has 0 bridgehead atoms. The van der Waals surface area contributed by atoms with Gasteiger partial charge < -0.3 is 10.5 Å². The summed E-state index contributed by atoms with van der Waals surface area (Å²) in [6, 6.07) is 8.66. The molecule has 0 spiro atoms. The Bertz CT molecular complexity index is 1110. The van der Waals surface area contributed by atoms with Crippen LogP contribution < -0.4 is 5.73 Å². The molecule has 40 heavy (non-hydrogen) atoms. The van der Waals surface area contributed by atoms with E-state index in [1.165, 1.54) is 101 Å². The molecular formula is C33H47N3OS3. The Balaban J connectivity index is 0.000000111. The second kappa shape index (κ2) is 14.4. The highest BCUT2D eigenvalue weighted by atomic mass is 32.1. The minimum absolute atomic E-state index is 0.337. The molecule has 5 aliphatic rings. The van der Waals surface area contributed by atoms with Crippen molar-refractivity contribution in [3.05, 3.63) is 65.7 Å². The van der Waals surface area contributed by atoms with E-state index in [1.807, 2.05) is 34.0 Å². The normalized spacial score (nSPS) is 26.8. The van der Waals surface area contributed by atoms with E-state index in [2.05, 4.69) is 44.1 Å². The van der Waals surface area contributed by atoms with Gasteiger partial charge in [0.15, 0.2) is 0 Å². The van der Waals surface area contributed by atoms with Gasteiger partial charge in [-0.25, -0.2) is 0 Å². The predicted molar refractivity (Wildman–Crippen MR) is 172 cm³/mol. The first kappa shape index (κ1) is 29.0. The molecule has 3 atom stereocenters. The molecule has 0 aromatic carbocycles. The Labute approximate surface area is 253 Å². The number of rotatable bonds is 2. The van der Waals surface area contributed by atoms with Gasteiger partial charge in [-0.2, -0.15) is 0 Å². The topological polar surface area (TPSA) is 41.7 Å². The number of aryl methyl sites for hydroxylation is 3. The summed E-state index contributed by atoms with van der Waals surface area (Å²) in [7, 11) is 0. The fraction of sp³-hybridized carbons (Fsp3) is 0.636. The molecule has 0 saturated carbocycles. The number of morpholine rings is 1. The zero-order valence-corrected chi connectivity index (χ0v) is 26.5. The largest absolute Gasteiger partial charge is 0.379 e. The van der Waals surface area contributed by atoms with Crippen molar-refractivity contribution < 1.29 is 4.74 Å². The average Bonchev–Trinajstić information content (AvgIpc) is 3.80. The van der Waals surface area contributed by atoms with E-state index in [-0.39, 0.29) is 0 Å². The van der Waals surface area contributed by atoms with Crippen molar-refractivity contribution in [2.24, 2.45) is 5.73 Å². The highest BCUT2D eigenvalue weighted by Gasteiger charge is 2.29. The third-order valence-electron chi connectivity index (χ3n) is 9.41.